The van der Waals surface area contributed by atoms with Crippen molar-refractivity contribution in [1.82, 2.24) is 0 Å². The minimum Gasteiger partial charge on any atom is -0.507 e. The van der Waals surface area contributed by atoms with Gasteiger partial charge < -0.3 is 10.2 Å². The number of aromatic hydroxyl groups is 2. The fourth-order valence-corrected chi connectivity index (χ4v) is 3.68. The van der Waals surface area contributed by atoms with Gasteiger partial charge in [-0.2, -0.15) is 0 Å². The number of phenols is 2. The third-order valence-corrected chi connectivity index (χ3v) is 5.10. The van der Waals surface area contributed by atoms with E-state index in [2.05, 4.69) is 13.5 Å². The molecule has 1 aliphatic rings. The van der Waals surface area contributed by atoms with Crippen LogP contribution in [0.1, 0.15) is 69.9 Å². The summed E-state index contributed by atoms with van der Waals surface area (Å²) in [5, 5.41) is 21.0. The number of rotatable bonds is 6. The van der Waals surface area contributed by atoms with Crippen molar-refractivity contribution in [3.05, 3.63) is 46.8 Å². The Balaban J connectivity index is 2.44. The van der Waals surface area contributed by atoms with Crippen LogP contribution in [0.4, 0.5) is 4.39 Å². The molecule has 2 rings (SSSR count). The summed E-state index contributed by atoms with van der Waals surface area (Å²) < 4.78 is 14.6. The van der Waals surface area contributed by atoms with Gasteiger partial charge in [0.2, 0.25) is 0 Å². The van der Waals surface area contributed by atoms with Crippen LogP contribution in [-0.4, -0.2) is 10.2 Å². The molecular weight excluding hydrogens is 303 g/mol. The molecule has 1 aliphatic carbocycles. The Morgan fingerprint density at radius 2 is 2.04 bits per heavy atom. The van der Waals surface area contributed by atoms with Gasteiger partial charge in [-0.3, -0.25) is 0 Å². The lowest BCUT2D eigenvalue weighted by Crippen LogP contribution is -2.17. The molecule has 132 valence electrons. The highest BCUT2D eigenvalue weighted by molar-refractivity contribution is 5.52. The fraction of sp³-hybridized carbons (Fsp3) is 0.524. The smallest absolute Gasteiger partial charge is 0.168 e. The highest BCUT2D eigenvalue weighted by Crippen LogP contribution is 2.47. The maximum Gasteiger partial charge on any atom is 0.168 e. The van der Waals surface area contributed by atoms with Crippen molar-refractivity contribution in [3.63, 3.8) is 0 Å². The number of unbranched alkanes of at least 4 members (excludes halogenated alkanes) is 2. The molecule has 2 atom stereocenters. The maximum absolute atomic E-state index is 14.6. The number of aryl methyl sites for hydroxylation is 1. The SMILES string of the molecule is C=C(C)[C@@H]1CCC(C)=CC1c1c(O)cc(CCCCC)c(F)c1O. The van der Waals surface area contributed by atoms with E-state index in [1.807, 2.05) is 19.9 Å². The molecule has 2 nitrogen and oxygen atoms in total. The minimum absolute atomic E-state index is 0.0115. The fourth-order valence-electron chi connectivity index (χ4n) is 3.68. The van der Waals surface area contributed by atoms with Gasteiger partial charge in [0.25, 0.3) is 0 Å². The summed E-state index contributed by atoms with van der Waals surface area (Å²) in [6.45, 7) is 10.1. The molecule has 1 aromatic rings. The normalized spacial score (nSPS) is 20.8. The van der Waals surface area contributed by atoms with Gasteiger partial charge in [0.1, 0.15) is 5.75 Å². The standard InChI is InChI=1S/C21H29FO2/c1-5-6-7-8-15-12-18(23)19(21(24)20(15)22)17-11-14(4)9-10-16(17)13(2)3/h11-12,16-17,23-24H,2,5-10H2,1,3-4H3/t16-,17?/m0/s1. The molecule has 1 unspecified atom stereocenters. The van der Waals surface area contributed by atoms with E-state index in [4.69, 9.17) is 0 Å². The van der Waals surface area contributed by atoms with Crippen LogP contribution in [0.3, 0.4) is 0 Å². The summed E-state index contributed by atoms with van der Waals surface area (Å²) in [6.07, 6.45) is 7.34. The number of hydrogen-bond acceptors (Lipinski definition) is 2. The lowest BCUT2D eigenvalue weighted by atomic mass is 9.73. The van der Waals surface area contributed by atoms with E-state index >= 15 is 0 Å². The van der Waals surface area contributed by atoms with Crippen LogP contribution in [0.25, 0.3) is 0 Å². The molecule has 0 fully saturated rings. The van der Waals surface area contributed by atoms with E-state index < -0.39 is 11.6 Å². The molecule has 0 heterocycles. The maximum atomic E-state index is 14.6. The molecule has 0 aromatic heterocycles. The zero-order valence-corrected chi connectivity index (χ0v) is 15.0. The van der Waals surface area contributed by atoms with Crippen molar-refractivity contribution in [2.45, 2.75) is 65.2 Å². The quantitative estimate of drug-likeness (QED) is 0.496. The van der Waals surface area contributed by atoms with Crippen molar-refractivity contribution >= 4 is 0 Å². The van der Waals surface area contributed by atoms with Gasteiger partial charge in [-0.15, -0.1) is 0 Å². The molecule has 0 aliphatic heterocycles. The predicted octanol–water partition coefficient (Wildman–Crippen LogP) is 5.99. The van der Waals surface area contributed by atoms with Crippen LogP contribution in [0.5, 0.6) is 11.5 Å². The Hall–Kier alpha value is -1.77. The molecule has 0 saturated carbocycles. The summed E-state index contributed by atoms with van der Waals surface area (Å²) >= 11 is 0. The highest BCUT2D eigenvalue weighted by atomic mass is 19.1. The number of allylic oxidation sites excluding steroid dienone is 3. The van der Waals surface area contributed by atoms with Crippen molar-refractivity contribution in [3.8, 4) is 11.5 Å². The van der Waals surface area contributed by atoms with E-state index in [0.717, 1.165) is 37.7 Å². The van der Waals surface area contributed by atoms with Crippen molar-refractivity contribution in [2.24, 2.45) is 5.92 Å². The Labute approximate surface area is 144 Å². The molecule has 0 radical (unpaired) electrons. The second kappa shape index (κ2) is 7.87. The number of halogens is 1. The van der Waals surface area contributed by atoms with Gasteiger partial charge in [-0.25, -0.2) is 4.39 Å². The van der Waals surface area contributed by atoms with Crippen LogP contribution in [-0.2, 0) is 6.42 Å². The van der Waals surface area contributed by atoms with Crippen molar-refractivity contribution < 1.29 is 14.6 Å². The summed E-state index contributed by atoms with van der Waals surface area (Å²) in [5.74, 6) is -1.12. The van der Waals surface area contributed by atoms with Crippen LogP contribution in [0, 0.1) is 11.7 Å². The molecule has 0 spiro atoms. The van der Waals surface area contributed by atoms with E-state index in [9.17, 15) is 14.6 Å². The second-order valence-corrected chi connectivity index (χ2v) is 7.12. The van der Waals surface area contributed by atoms with Crippen LogP contribution in [0.15, 0.2) is 29.9 Å². The molecular formula is C21H29FO2. The first-order valence-electron chi connectivity index (χ1n) is 8.92. The first-order valence-corrected chi connectivity index (χ1v) is 8.92. The summed E-state index contributed by atoms with van der Waals surface area (Å²) in [5.41, 5.74) is 2.89. The Kier molecular flexibility index (Phi) is 6.09. The molecule has 0 bridgehead atoms. The third-order valence-electron chi connectivity index (χ3n) is 5.10. The summed E-state index contributed by atoms with van der Waals surface area (Å²) in [6, 6.07) is 1.49. The number of benzene rings is 1. The molecule has 24 heavy (non-hydrogen) atoms. The summed E-state index contributed by atoms with van der Waals surface area (Å²) in [7, 11) is 0. The molecule has 0 saturated heterocycles. The van der Waals surface area contributed by atoms with Gasteiger partial charge in [0, 0.05) is 11.5 Å². The third kappa shape index (κ3) is 3.82. The zero-order chi connectivity index (χ0) is 17.9. The average Bonchev–Trinajstić information content (AvgIpc) is 2.52. The van der Waals surface area contributed by atoms with Crippen LogP contribution < -0.4 is 0 Å². The summed E-state index contributed by atoms with van der Waals surface area (Å²) in [4.78, 5) is 0. The van der Waals surface area contributed by atoms with E-state index in [1.54, 1.807) is 0 Å². The van der Waals surface area contributed by atoms with Crippen LogP contribution in [0.2, 0.25) is 0 Å². The minimum atomic E-state index is -0.587. The topological polar surface area (TPSA) is 40.5 Å². The van der Waals surface area contributed by atoms with Gasteiger partial charge in [-0.05, 0) is 57.1 Å². The number of phenolic OH excluding ortho intramolecular Hbond substituents is 2. The second-order valence-electron chi connectivity index (χ2n) is 7.12. The number of hydrogen-bond donors (Lipinski definition) is 2. The molecule has 1 aromatic carbocycles. The largest absolute Gasteiger partial charge is 0.507 e. The van der Waals surface area contributed by atoms with Crippen LogP contribution >= 0.6 is 0 Å². The zero-order valence-electron chi connectivity index (χ0n) is 15.0. The Morgan fingerprint density at radius 1 is 1.33 bits per heavy atom. The molecule has 2 N–H and O–H groups in total. The first kappa shape index (κ1) is 18.6. The predicted molar refractivity (Wildman–Crippen MR) is 97.0 cm³/mol. The monoisotopic (exact) mass is 332 g/mol. The highest BCUT2D eigenvalue weighted by Gasteiger charge is 2.31. The average molecular weight is 332 g/mol. The van der Waals surface area contributed by atoms with Gasteiger partial charge in [0.05, 0.1) is 0 Å². The van der Waals surface area contributed by atoms with Gasteiger partial charge in [0.15, 0.2) is 11.6 Å². The molecule has 3 heteroatoms. The Bertz CT molecular complexity index is 646. The first-order chi connectivity index (χ1) is 11.4. The van der Waals surface area contributed by atoms with Crippen molar-refractivity contribution in [2.75, 3.05) is 0 Å². The molecule has 0 amide bonds. The lowest BCUT2D eigenvalue weighted by Gasteiger charge is -2.31. The lowest BCUT2D eigenvalue weighted by molar-refractivity contribution is 0.383. The Morgan fingerprint density at radius 3 is 2.67 bits per heavy atom. The van der Waals surface area contributed by atoms with E-state index in [-0.39, 0.29) is 17.6 Å². The van der Waals surface area contributed by atoms with Crippen molar-refractivity contribution in [1.29, 1.82) is 0 Å². The van der Waals surface area contributed by atoms with E-state index in [0.29, 0.717) is 17.5 Å². The van der Waals surface area contributed by atoms with Gasteiger partial charge in [-0.1, -0.05) is 43.6 Å². The van der Waals surface area contributed by atoms with Gasteiger partial charge >= 0.3 is 0 Å². The van der Waals surface area contributed by atoms with E-state index in [1.165, 1.54) is 11.6 Å².